The van der Waals surface area contributed by atoms with Gasteiger partial charge in [-0.05, 0) is 51.8 Å². The van der Waals surface area contributed by atoms with Crippen LogP contribution in [0, 0.1) is 6.92 Å². The summed E-state index contributed by atoms with van der Waals surface area (Å²) in [5, 5.41) is 2.18. The largest absolute Gasteiger partial charge is 0.326 e. The summed E-state index contributed by atoms with van der Waals surface area (Å²) in [6.45, 7) is 12.3. The molecule has 0 aliphatic carbocycles. The number of rotatable bonds is 3. The number of likely N-dealkylation sites (N-methyl/N-ethyl adjacent to an activating group) is 1. The Hall–Kier alpha value is -0.420. The summed E-state index contributed by atoms with van der Waals surface area (Å²) in [6.07, 6.45) is 0. The lowest BCUT2D eigenvalue weighted by Crippen LogP contribution is -2.59. The lowest BCUT2D eigenvalue weighted by atomic mass is 9.95. The van der Waals surface area contributed by atoms with Crippen molar-refractivity contribution in [3.63, 3.8) is 0 Å². The van der Waals surface area contributed by atoms with Crippen LogP contribution < -0.4 is 5.73 Å². The Morgan fingerprint density at radius 3 is 2.53 bits per heavy atom. The maximum atomic E-state index is 6.30. The predicted octanol–water partition coefficient (Wildman–Crippen LogP) is 2.47. The highest BCUT2D eigenvalue weighted by Crippen LogP contribution is 2.33. The number of hydrogen-bond acceptors (Lipinski definition) is 4. The number of thiophene rings is 1. The minimum Gasteiger partial charge on any atom is -0.326 e. The molecule has 0 aromatic carbocycles. The van der Waals surface area contributed by atoms with Gasteiger partial charge in [-0.25, -0.2) is 0 Å². The van der Waals surface area contributed by atoms with Crippen LogP contribution in [0.3, 0.4) is 0 Å². The molecule has 1 aliphatic heterocycles. The van der Waals surface area contributed by atoms with E-state index in [2.05, 4.69) is 56.0 Å². The predicted molar refractivity (Wildman–Crippen MR) is 83.7 cm³/mol. The van der Waals surface area contributed by atoms with Crippen LogP contribution in [0.15, 0.2) is 11.4 Å². The standard InChI is InChI=1S/C15H27N3S/c1-11-6-9-19-14(11)13(12(2)16)18-8-7-17(5)15(3,4)10-18/h6,9,12-13H,7-8,10,16H2,1-5H3. The molecule has 1 aliphatic rings. The van der Waals surface area contributed by atoms with Crippen molar-refractivity contribution in [2.75, 3.05) is 26.7 Å². The molecule has 1 saturated heterocycles. The van der Waals surface area contributed by atoms with Crippen molar-refractivity contribution in [1.29, 1.82) is 0 Å². The first kappa shape index (κ1) is 15.0. The topological polar surface area (TPSA) is 32.5 Å². The van der Waals surface area contributed by atoms with Gasteiger partial charge in [-0.2, -0.15) is 0 Å². The Balaban J connectivity index is 2.24. The molecule has 2 rings (SSSR count). The highest BCUT2D eigenvalue weighted by molar-refractivity contribution is 7.10. The summed E-state index contributed by atoms with van der Waals surface area (Å²) in [7, 11) is 2.22. The lowest BCUT2D eigenvalue weighted by molar-refractivity contribution is 0.0120. The second-order valence-corrected chi connectivity index (χ2v) is 7.42. The van der Waals surface area contributed by atoms with Gasteiger partial charge in [0.05, 0.1) is 6.04 Å². The smallest absolute Gasteiger partial charge is 0.0594 e. The van der Waals surface area contributed by atoms with Crippen LogP contribution in [0.2, 0.25) is 0 Å². The maximum Gasteiger partial charge on any atom is 0.0594 e. The van der Waals surface area contributed by atoms with Crippen molar-refractivity contribution >= 4 is 11.3 Å². The van der Waals surface area contributed by atoms with Gasteiger partial charge in [-0.3, -0.25) is 9.80 Å². The second-order valence-electron chi connectivity index (χ2n) is 6.48. The first-order valence-electron chi connectivity index (χ1n) is 7.08. The average Bonchev–Trinajstić information content (AvgIpc) is 2.70. The van der Waals surface area contributed by atoms with E-state index in [1.807, 2.05) is 11.3 Å². The molecule has 2 N–H and O–H groups in total. The summed E-state index contributed by atoms with van der Waals surface area (Å²) in [4.78, 5) is 6.46. The van der Waals surface area contributed by atoms with Gasteiger partial charge in [0.2, 0.25) is 0 Å². The van der Waals surface area contributed by atoms with Crippen LogP contribution in [0.4, 0.5) is 0 Å². The molecule has 1 aromatic rings. The number of piperazine rings is 1. The highest BCUT2D eigenvalue weighted by atomic mass is 32.1. The van der Waals surface area contributed by atoms with Crippen LogP contribution >= 0.6 is 11.3 Å². The molecule has 1 fully saturated rings. The Bertz CT molecular complexity index is 425. The van der Waals surface area contributed by atoms with Crippen molar-refractivity contribution in [1.82, 2.24) is 9.80 Å². The molecular formula is C15H27N3S. The van der Waals surface area contributed by atoms with Gasteiger partial charge in [-0.1, -0.05) is 0 Å². The summed E-state index contributed by atoms with van der Waals surface area (Å²) in [5.41, 5.74) is 7.90. The van der Waals surface area contributed by atoms with Crippen LogP contribution in [0.25, 0.3) is 0 Å². The summed E-state index contributed by atoms with van der Waals surface area (Å²) in [6, 6.07) is 2.72. The monoisotopic (exact) mass is 281 g/mol. The SMILES string of the molecule is Cc1ccsc1C(C(C)N)N1CCN(C)C(C)(C)C1. The van der Waals surface area contributed by atoms with E-state index in [4.69, 9.17) is 5.73 Å². The van der Waals surface area contributed by atoms with Gasteiger partial charge in [0.25, 0.3) is 0 Å². The zero-order valence-electron chi connectivity index (χ0n) is 12.8. The molecular weight excluding hydrogens is 254 g/mol. The van der Waals surface area contributed by atoms with Crippen molar-refractivity contribution in [3.05, 3.63) is 21.9 Å². The first-order chi connectivity index (χ1) is 8.83. The Morgan fingerprint density at radius 2 is 2.05 bits per heavy atom. The van der Waals surface area contributed by atoms with Gasteiger partial charge in [0, 0.05) is 36.1 Å². The molecule has 4 heteroatoms. The number of nitrogens with two attached hydrogens (primary N) is 1. The molecule has 0 bridgehead atoms. The fraction of sp³-hybridized carbons (Fsp3) is 0.733. The fourth-order valence-corrected chi connectivity index (χ4v) is 4.12. The third-order valence-electron chi connectivity index (χ3n) is 4.41. The lowest BCUT2D eigenvalue weighted by Gasteiger charge is -2.48. The molecule has 2 unspecified atom stereocenters. The minimum absolute atomic E-state index is 0.163. The molecule has 0 spiro atoms. The van der Waals surface area contributed by atoms with Gasteiger partial charge in [0.15, 0.2) is 0 Å². The highest BCUT2D eigenvalue weighted by Gasteiger charge is 2.36. The Kier molecular flexibility index (Phi) is 4.35. The first-order valence-corrected chi connectivity index (χ1v) is 7.96. The molecule has 108 valence electrons. The van der Waals surface area contributed by atoms with Gasteiger partial charge in [0.1, 0.15) is 0 Å². The van der Waals surface area contributed by atoms with Gasteiger partial charge >= 0.3 is 0 Å². The van der Waals surface area contributed by atoms with E-state index < -0.39 is 0 Å². The molecule has 2 atom stereocenters. The molecule has 19 heavy (non-hydrogen) atoms. The Labute approximate surface area is 121 Å². The third kappa shape index (κ3) is 3.02. The quantitative estimate of drug-likeness (QED) is 0.924. The van der Waals surface area contributed by atoms with E-state index in [1.165, 1.54) is 10.4 Å². The van der Waals surface area contributed by atoms with Crippen molar-refractivity contribution < 1.29 is 0 Å². The second kappa shape index (κ2) is 5.52. The fourth-order valence-electron chi connectivity index (χ4n) is 2.94. The normalized spacial score (nSPS) is 24.3. The molecule has 0 saturated carbocycles. The minimum atomic E-state index is 0.163. The molecule has 0 radical (unpaired) electrons. The molecule has 3 nitrogen and oxygen atoms in total. The van der Waals surface area contributed by atoms with E-state index in [0.717, 1.165) is 19.6 Å². The zero-order valence-corrected chi connectivity index (χ0v) is 13.6. The van der Waals surface area contributed by atoms with Crippen molar-refractivity contribution in [3.8, 4) is 0 Å². The number of nitrogens with zero attached hydrogens (tertiary/aromatic N) is 2. The van der Waals surface area contributed by atoms with E-state index in [9.17, 15) is 0 Å². The zero-order chi connectivity index (χ0) is 14.2. The van der Waals surface area contributed by atoms with E-state index >= 15 is 0 Å². The maximum absolute atomic E-state index is 6.30. The van der Waals surface area contributed by atoms with Crippen molar-refractivity contribution in [2.24, 2.45) is 5.73 Å². The summed E-state index contributed by atoms with van der Waals surface area (Å²) < 4.78 is 0. The van der Waals surface area contributed by atoms with E-state index in [1.54, 1.807) is 0 Å². The van der Waals surface area contributed by atoms with Gasteiger partial charge < -0.3 is 5.73 Å². The average molecular weight is 281 g/mol. The summed E-state index contributed by atoms with van der Waals surface area (Å²) in [5.74, 6) is 0. The molecule has 2 heterocycles. The van der Waals surface area contributed by atoms with E-state index in [-0.39, 0.29) is 11.6 Å². The van der Waals surface area contributed by atoms with E-state index in [0.29, 0.717) is 6.04 Å². The molecule has 1 aromatic heterocycles. The van der Waals surface area contributed by atoms with Crippen LogP contribution in [-0.4, -0.2) is 48.1 Å². The van der Waals surface area contributed by atoms with Crippen LogP contribution in [0.5, 0.6) is 0 Å². The third-order valence-corrected chi connectivity index (χ3v) is 5.50. The van der Waals surface area contributed by atoms with Gasteiger partial charge in [-0.15, -0.1) is 11.3 Å². The number of aryl methyl sites for hydroxylation is 1. The van der Waals surface area contributed by atoms with Crippen LogP contribution in [-0.2, 0) is 0 Å². The number of hydrogen-bond donors (Lipinski definition) is 1. The molecule has 0 amide bonds. The van der Waals surface area contributed by atoms with Crippen LogP contribution in [0.1, 0.15) is 37.3 Å². The summed E-state index contributed by atoms with van der Waals surface area (Å²) >= 11 is 1.85. The Morgan fingerprint density at radius 1 is 1.37 bits per heavy atom. The van der Waals surface area contributed by atoms with Crippen molar-refractivity contribution in [2.45, 2.75) is 45.3 Å².